The molecule has 0 unspecified atom stereocenters. The van der Waals surface area contributed by atoms with E-state index in [0.29, 0.717) is 11.9 Å². The Bertz CT molecular complexity index is 259. The van der Waals surface area contributed by atoms with Gasteiger partial charge in [0, 0.05) is 31.1 Å². The average Bonchev–Trinajstić information content (AvgIpc) is 2.30. The lowest BCUT2D eigenvalue weighted by Crippen LogP contribution is -2.56. The van der Waals surface area contributed by atoms with E-state index in [-0.39, 0.29) is 5.41 Å². The molecule has 1 atom stereocenters. The summed E-state index contributed by atoms with van der Waals surface area (Å²) in [4.78, 5) is 14.7. The number of nitrogens with one attached hydrogen (secondary N) is 1. The van der Waals surface area contributed by atoms with Crippen molar-refractivity contribution in [1.82, 2.24) is 10.2 Å². The van der Waals surface area contributed by atoms with Crippen LogP contribution in [-0.2, 0) is 4.79 Å². The molecule has 0 radical (unpaired) electrons. The molecule has 0 spiro atoms. The van der Waals surface area contributed by atoms with Gasteiger partial charge in [0.2, 0.25) is 5.91 Å². The van der Waals surface area contributed by atoms with Crippen LogP contribution in [0.15, 0.2) is 0 Å². The zero-order chi connectivity index (χ0) is 11.6. The molecule has 92 valence electrons. The molecule has 2 fully saturated rings. The third-order valence-corrected chi connectivity index (χ3v) is 4.24. The van der Waals surface area contributed by atoms with Gasteiger partial charge in [0.15, 0.2) is 0 Å². The van der Waals surface area contributed by atoms with Crippen molar-refractivity contribution in [3.63, 3.8) is 0 Å². The highest BCUT2D eigenvalue weighted by Crippen LogP contribution is 2.37. The number of hydrogen-bond donors (Lipinski definition) is 1. The number of nitrogens with zero attached hydrogens (tertiary/aromatic N) is 1. The lowest BCUT2D eigenvalue weighted by atomic mass is 9.74. The number of hydrogen-bond acceptors (Lipinski definition) is 2. The Labute approximate surface area is 98.6 Å². The summed E-state index contributed by atoms with van der Waals surface area (Å²) in [5, 5.41) is 3.34. The second-order valence-corrected chi connectivity index (χ2v) is 5.67. The van der Waals surface area contributed by atoms with Crippen molar-refractivity contribution in [2.24, 2.45) is 5.41 Å². The molecule has 0 bridgehead atoms. The van der Waals surface area contributed by atoms with Gasteiger partial charge in [-0.3, -0.25) is 4.79 Å². The van der Waals surface area contributed by atoms with E-state index in [1.54, 1.807) is 0 Å². The van der Waals surface area contributed by atoms with Crippen molar-refractivity contribution in [1.29, 1.82) is 0 Å². The Hall–Kier alpha value is -0.570. The third kappa shape index (κ3) is 2.24. The minimum absolute atomic E-state index is 0.0656. The maximum absolute atomic E-state index is 12.6. The van der Waals surface area contributed by atoms with Crippen molar-refractivity contribution >= 4 is 5.91 Å². The molecule has 16 heavy (non-hydrogen) atoms. The van der Waals surface area contributed by atoms with Gasteiger partial charge in [-0.2, -0.15) is 0 Å². The highest BCUT2D eigenvalue weighted by atomic mass is 16.2. The van der Waals surface area contributed by atoms with Gasteiger partial charge < -0.3 is 10.2 Å². The Kier molecular flexibility index (Phi) is 3.53. The van der Waals surface area contributed by atoms with E-state index in [1.807, 2.05) is 0 Å². The molecule has 0 aromatic rings. The Morgan fingerprint density at radius 3 is 2.62 bits per heavy atom. The fourth-order valence-electron chi connectivity index (χ4n) is 3.04. The Morgan fingerprint density at radius 1 is 1.31 bits per heavy atom. The van der Waals surface area contributed by atoms with Crippen LogP contribution >= 0.6 is 0 Å². The predicted molar refractivity (Wildman–Crippen MR) is 65.2 cm³/mol. The van der Waals surface area contributed by atoms with Crippen molar-refractivity contribution < 1.29 is 4.79 Å². The van der Waals surface area contributed by atoms with Gasteiger partial charge in [0.25, 0.3) is 0 Å². The first-order valence-electron chi connectivity index (χ1n) is 6.65. The average molecular weight is 224 g/mol. The maximum atomic E-state index is 12.6. The summed E-state index contributed by atoms with van der Waals surface area (Å²) >= 11 is 0. The summed E-state index contributed by atoms with van der Waals surface area (Å²) < 4.78 is 0. The molecule has 3 heteroatoms. The topological polar surface area (TPSA) is 32.3 Å². The van der Waals surface area contributed by atoms with Gasteiger partial charge in [-0.25, -0.2) is 0 Å². The van der Waals surface area contributed by atoms with Crippen LogP contribution in [0.25, 0.3) is 0 Å². The van der Waals surface area contributed by atoms with Crippen LogP contribution in [0.4, 0.5) is 0 Å². The van der Waals surface area contributed by atoms with Crippen LogP contribution in [0.1, 0.15) is 46.0 Å². The monoisotopic (exact) mass is 224 g/mol. The van der Waals surface area contributed by atoms with Crippen molar-refractivity contribution in [2.45, 2.75) is 52.0 Å². The van der Waals surface area contributed by atoms with Crippen LogP contribution in [0.3, 0.4) is 0 Å². The quantitative estimate of drug-likeness (QED) is 0.736. The predicted octanol–water partition coefficient (Wildman–Crippen LogP) is 1.78. The van der Waals surface area contributed by atoms with E-state index < -0.39 is 0 Å². The third-order valence-electron chi connectivity index (χ3n) is 4.24. The van der Waals surface area contributed by atoms with E-state index in [4.69, 9.17) is 0 Å². The summed E-state index contributed by atoms with van der Waals surface area (Å²) in [7, 11) is 0. The summed E-state index contributed by atoms with van der Waals surface area (Å²) in [5.41, 5.74) is -0.0656. The summed E-state index contributed by atoms with van der Waals surface area (Å²) in [5.74, 6) is 0.404. The van der Waals surface area contributed by atoms with Gasteiger partial charge >= 0.3 is 0 Å². The highest BCUT2D eigenvalue weighted by molar-refractivity contribution is 5.82. The van der Waals surface area contributed by atoms with Crippen molar-refractivity contribution in [3.05, 3.63) is 0 Å². The number of piperazine rings is 1. The van der Waals surface area contributed by atoms with Crippen LogP contribution in [0.2, 0.25) is 0 Å². The molecule has 1 aliphatic carbocycles. The molecular formula is C13H24N2O. The Morgan fingerprint density at radius 2 is 2.00 bits per heavy atom. The number of carbonyl (C=O) groups excluding carboxylic acids is 1. The van der Waals surface area contributed by atoms with E-state index in [0.717, 1.165) is 32.5 Å². The molecule has 2 rings (SSSR count). The minimum Gasteiger partial charge on any atom is -0.337 e. The minimum atomic E-state index is -0.0656. The number of amides is 1. The highest BCUT2D eigenvalue weighted by Gasteiger charge is 2.39. The standard InChI is InChI=1S/C13H24N2O/c1-11-10-14-8-9-15(11)12(16)13(2)6-4-3-5-7-13/h11,14H,3-10H2,1-2H3/t11-/m1/s1. The molecule has 1 N–H and O–H groups in total. The number of carbonyl (C=O) groups is 1. The molecular weight excluding hydrogens is 200 g/mol. The summed E-state index contributed by atoms with van der Waals surface area (Å²) in [6, 6.07) is 0.361. The lowest BCUT2D eigenvalue weighted by molar-refractivity contribution is -0.146. The van der Waals surface area contributed by atoms with Crippen LogP contribution < -0.4 is 5.32 Å². The largest absolute Gasteiger partial charge is 0.337 e. The fourth-order valence-corrected chi connectivity index (χ4v) is 3.04. The maximum Gasteiger partial charge on any atom is 0.228 e. The van der Waals surface area contributed by atoms with Gasteiger partial charge in [0.05, 0.1) is 0 Å². The molecule has 1 saturated heterocycles. The zero-order valence-corrected chi connectivity index (χ0v) is 10.6. The van der Waals surface area contributed by atoms with Crippen LogP contribution in [0, 0.1) is 5.41 Å². The molecule has 3 nitrogen and oxygen atoms in total. The van der Waals surface area contributed by atoms with Gasteiger partial charge in [-0.1, -0.05) is 26.2 Å². The Balaban J connectivity index is 2.04. The smallest absolute Gasteiger partial charge is 0.228 e. The SMILES string of the molecule is C[C@@H]1CNCCN1C(=O)C1(C)CCCCC1. The molecule has 1 amide bonds. The van der Waals surface area contributed by atoms with Gasteiger partial charge in [-0.15, -0.1) is 0 Å². The van der Waals surface area contributed by atoms with Crippen LogP contribution in [-0.4, -0.2) is 36.5 Å². The summed E-state index contributed by atoms with van der Waals surface area (Å²) in [6.45, 7) is 7.10. The molecule has 0 aromatic carbocycles. The van der Waals surface area contributed by atoms with Crippen molar-refractivity contribution in [3.8, 4) is 0 Å². The van der Waals surface area contributed by atoms with Crippen LogP contribution in [0.5, 0.6) is 0 Å². The second-order valence-electron chi connectivity index (χ2n) is 5.67. The van der Waals surface area contributed by atoms with E-state index in [9.17, 15) is 4.79 Å². The molecule has 2 aliphatic rings. The molecule has 1 aliphatic heterocycles. The van der Waals surface area contributed by atoms with Gasteiger partial charge in [-0.05, 0) is 19.8 Å². The molecule has 1 saturated carbocycles. The summed E-state index contributed by atoms with van der Waals surface area (Å²) in [6.07, 6.45) is 5.93. The first-order chi connectivity index (χ1) is 7.63. The fraction of sp³-hybridized carbons (Fsp3) is 0.923. The lowest BCUT2D eigenvalue weighted by Gasteiger charge is -2.42. The number of rotatable bonds is 1. The van der Waals surface area contributed by atoms with E-state index in [2.05, 4.69) is 24.1 Å². The van der Waals surface area contributed by atoms with Gasteiger partial charge in [0.1, 0.15) is 0 Å². The van der Waals surface area contributed by atoms with E-state index >= 15 is 0 Å². The first-order valence-corrected chi connectivity index (χ1v) is 6.65. The van der Waals surface area contributed by atoms with E-state index in [1.165, 1.54) is 19.3 Å². The molecule has 0 aromatic heterocycles. The first kappa shape index (κ1) is 11.9. The van der Waals surface area contributed by atoms with Crippen molar-refractivity contribution in [2.75, 3.05) is 19.6 Å². The normalized spacial score (nSPS) is 30.1. The molecule has 1 heterocycles. The second kappa shape index (κ2) is 4.74. The zero-order valence-electron chi connectivity index (χ0n) is 10.6.